The van der Waals surface area contributed by atoms with Crippen molar-refractivity contribution in [2.45, 2.75) is 105 Å². The molecule has 0 radical (unpaired) electrons. The molecule has 126 valence electrons. The highest BCUT2D eigenvalue weighted by molar-refractivity contribution is 5.39. The fraction of sp³-hybridized carbons (Fsp3) is 0.727. The van der Waals surface area contributed by atoms with Gasteiger partial charge in [0.15, 0.2) is 0 Å². The van der Waals surface area contributed by atoms with Crippen LogP contribution in [0.25, 0.3) is 0 Å². The summed E-state index contributed by atoms with van der Waals surface area (Å²) >= 11 is 0. The molecule has 1 aromatic carbocycles. The van der Waals surface area contributed by atoms with E-state index in [0.29, 0.717) is 0 Å². The van der Waals surface area contributed by atoms with Crippen molar-refractivity contribution in [2.24, 2.45) is 0 Å². The first-order valence-electron chi connectivity index (χ1n) is 9.84. The fourth-order valence-electron chi connectivity index (χ4n) is 3.42. The van der Waals surface area contributed by atoms with Crippen molar-refractivity contribution in [3.05, 3.63) is 34.4 Å². The van der Waals surface area contributed by atoms with E-state index in [1.165, 1.54) is 82.6 Å². The molecule has 0 N–H and O–H groups in total. The number of hydrogen-bond acceptors (Lipinski definition) is 0. The third kappa shape index (κ3) is 6.99. The third-order valence-corrected chi connectivity index (χ3v) is 4.71. The molecule has 0 saturated heterocycles. The minimum Gasteiger partial charge on any atom is -0.0654 e. The molecule has 1 aromatic rings. The Morgan fingerprint density at radius 2 is 1.00 bits per heavy atom. The zero-order valence-electron chi connectivity index (χ0n) is 15.6. The zero-order valence-corrected chi connectivity index (χ0v) is 15.6. The van der Waals surface area contributed by atoms with Crippen molar-refractivity contribution in [1.82, 2.24) is 0 Å². The summed E-state index contributed by atoms with van der Waals surface area (Å²) in [7, 11) is 0. The van der Waals surface area contributed by atoms with Gasteiger partial charge in [-0.1, -0.05) is 77.0 Å². The lowest BCUT2D eigenvalue weighted by atomic mass is 9.89. The first kappa shape index (κ1) is 19.3. The smallest absolute Gasteiger partial charge is 0.0273 e. The highest BCUT2D eigenvalue weighted by Gasteiger charge is 2.10. The van der Waals surface area contributed by atoms with Crippen molar-refractivity contribution in [3.63, 3.8) is 0 Å². The van der Waals surface area contributed by atoms with Crippen molar-refractivity contribution < 1.29 is 0 Å². The molecular weight excluding hydrogens is 264 g/mol. The minimum atomic E-state index is 1.29. The summed E-state index contributed by atoms with van der Waals surface area (Å²) in [6, 6.07) is 4.94. The predicted molar refractivity (Wildman–Crippen MR) is 101 cm³/mol. The lowest BCUT2D eigenvalue weighted by Crippen LogP contribution is -2.03. The molecule has 1 rings (SSSR count). The van der Waals surface area contributed by atoms with Crippen LogP contribution in [-0.4, -0.2) is 0 Å². The summed E-state index contributed by atoms with van der Waals surface area (Å²) in [6.45, 7) is 9.19. The van der Waals surface area contributed by atoms with E-state index in [2.05, 4.69) is 39.8 Å². The molecular formula is C22H38. The van der Waals surface area contributed by atoms with Gasteiger partial charge in [-0.15, -0.1) is 0 Å². The largest absolute Gasteiger partial charge is 0.0654 e. The minimum absolute atomic E-state index is 1.29. The molecule has 0 heteroatoms. The number of hydrogen-bond donors (Lipinski definition) is 0. The predicted octanol–water partition coefficient (Wildman–Crippen LogP) is 7.19. The SMILES string of the molecule is CCCCCc1cc(C)cc(CCCCC)c1CCCCC. The van der Waals surface area contributed by atoms with Gasteiger partial charge in [0.05, 0.1) is 0 Å². The van der Waals surface area contributed by atoms with Crippen molar-refractivity contribution >= 4 is 0 Å². The Balaban J connectivity index is 2.88. The second-order valence-corrected chi connectivity index (χ2v) is 6.93. The molecule has 0 amide bonds. The van der Waals surface area contributed by atoms with Gasteiger partial charge in [-0.05, 0) is 62.1 Å². The molecule has 0 bridgehead atoms. The topological polar surface area (TPSA) is 0 Å². The van der Waals surface area contributed by atoms with Gasteiger partial charge in [0, 0.05) is 0 Å². The van der Waals surface area contributed by atoms with Gasteiger partial charge in [0.25, 0.3) is 0 Å². The van der Waals surface area contributed by atoms with Gasteiger partial charge in [0.1, 0.15) is 0 Å². The van der Waals surface area contributed by atoms with Crippen molar-refractivity contribution in [3.8, 4) is 0 Å². The number of benzene rings is 1. The summed E-state index contributed by atoms with van der Waals surface area (Å²) in [5.74, 6) is 0. The Bertz CT molecular complexity index is 371. The maximum Gasteiger partial charge on any atom is -0.0273 e. The van der Waals surface area contributed by atoms with Crippen LogP contribution in [0.3, 0.4) is 0 Å². The molecule has 0 spiro atoms. The Morgan fingerprint density at radius 1 is 0.591 bits per heavy atom. The molecule has 0 aliphatic heterocycles. The lowest BCUT2D eigenvalue weighted by molar-refractivity contribution is 0.677. The molecule has 0 heterocycles. The highest BCUT2D eigenvalue weighted by atomic mass is 14.1. The van der Waals surface area contributed by atoms with Gasteiger partial charge < -0.3 is 0 Å². The Hall–Kier alpha value is -0.780. The van der Waals surface area contributed by atoms with Crippen LogP contribution in [0.5, 0.6) is 0 Å². The normalized spacial score (nSPS) is 11.1. The van der Waals surface area contributed by atoms with Gasteiger partial charge in [0.2, 0.25) is 0 Å². The van der Waals surface area contributed by atoms with Gasteiger partial charge >= 0.3 is 0 Å². The van der Waals surface area contributed by atoms with Crippen LogP contribution in [0.4, 0.5) is 0 Å². The van der Waals surface area contributed by atoms with Gasteiger partial charge in [-0.25, -0.2) is 0 Å². The zero-order chi connectivity index (χ0) is 16.2. The van der Waals surface area contributed by atoms with Crippen LogP contribution in [0.15, 0.2) is 12.1 Å². The molecule has 22 heavy (non-hydrogen) atoms. The van der Waals surface area contributed by atoms with Crippen LogP contribution in [0.2, 0.25) is 0 Å². The van der Waals surface area contributed by atoms with Crippen LogP contribution < -0.4 is 0 Å². The average Bonchev–Trinajstić information content (AvgIpc) is 2.50. The van der Waals surface area contributed by atoms with Gasteiger partial charge in [-0.2, -0.15) is 0 Å². The molecule has 0 aliphatic rings. The van der Waals surface area contributed by atoms with Crippen molar-refractivity contribution in [1.29, 1.82) is 0 Å². The molecule has 0 unspecified atom stereocenters. The van der Waals surface area contributed by atoms with Crippen LogP contribution >= 0.6 is 0 Å². The first-order valence-corrected chi connectivity index (χ1v) is 9.84. The fourth-order valence-corrected chi connectivity index (χ4v) is 3.42. The standard InChI is InChI=1S/C22H38/c1-5-8-11-14-20-17-19(4)18-21(15-12-9-6-2)22(20)16-13-10-7-3/h17-18H,5-16H2,1-4H3. The average molecular weight is 303 g/mol. The lowest BCUT2D eigenvalue weighted by Gasteiger charge is -2.17. The van der Waals surface area contributed by atoms with E-state index >= 15 is 0 Å². The van der Waals surface area contributed by atoms with E-state index in [1.807, 2.05) is 0 Å². The van der Waals surface area contributed by atoms with Gasteiger partial charge in [-0.3, -0.25) is 0 Å². The summed E-state index contributed by atoms with van der Waals surface area (Å²) < 4.78 is 0. The maximum atomic E-state index is 2.47. The summed E-state index contributed by atoms with van der Waals surface area (Å²) in [4.78, 5) is 0. The Kier molecular flexibility index (Phi) is 10.3. The second kappa shape index (κ2) is 11.7. The molecule has 0 saturated carbocycles. The van der Waals surface area contributed by atoms with E-state index in [-0.39, 0.29) is 0 Å². The summed E-state index contributed by atoms with van der Waals surface area (Å²) in [5, 5.41) is 0. The quantitative estimate of drug-likeness (QED) is 0.358. The molecule has 0 fully saturated rings. The Morgan fingerprint density at radius 3 is 1.41 bits per heavy atom. The number of rotatable bonds is 12. The van der Waals surface area contributed by atoms with Crippen LogP contribution in [0.1, 0.15) is 101 Å². The van der Waals surface area contributed by atoms with Crippen LogP contribution in [0, 0.1) is 6.92 Å². The molecule has 0 nitrogen and oxygen atoms in total. The van der Waals surface area contributed by atoms with E-state index in [1.54, 1.807) is 16.7 Å². The van der Waals surface area contributed by atoms with E-state index in [9.17, 15) is 0 Å². The molecule has 0 aromatic heterocycles. The number of unbranched alkanes of at least 4 members (excludes halogenated alkanes) is 6. The van der Waals surface area contributed by atoms with E-state index < -0.39 is 0 Å². The highest BCUT2D eigenvalue weighted by Crippen LogP contribution is 2.24. The van der Waals surface area contributed by atoms with Crippen molar-refractivity contribution in [2.75, 3.05) is 0 Å². The molecule has 0 atom stereocenters. The number of aryl methyl sites for hydroxylation is 3. The summed E-state index contributed by atoms with van der Waals surface area (Å²) in [5.41, 5.74) is 6.51. The van der Waals surface area contributed by atoms with E-state index in [4.69, 9.17) is 0 Å². The maximum absolute atomic E-state index is 2.47. The van der Waals surface area contributed by atoms with Crippen LogP contribution in [-0.2, 0) is 19.3 Å². The molecule has 0 aliphatic carbocycles. The first-order chi connectivity index (χ1) is 10.7. The third-order valence-electron chi connectivity index (χ3n) is 4.71. The monoisotopic (exact) mass is 302 g/mol. The second-order valence-electron chi connectivity index (χ2n) is 6.93. The van der Waals surface area contributed by atoms with E-state index in [0.717, 1.165) is 0 Å². The summed E-state index contributed by atoms with van der Waals surface area (Å²) in [6.07, 6.45) is 16.0. The Labute approximate surface area is 139 Å².